The van der Waals surface area contributed by atoms with E-state index in [4.69, 9.17) is 0 Å². The molecule has 1 unspecified atom stereocenters. The number of hydrogen-bond acceptors (Lipinski definition) is 8. The number of nitrogens with one attached hydrogen (secondary N) is 2. The molecule has 0 radical (unpaired) electrons. The number of likely N-dealkylation sites (N-methyl/N-ethyl adjacent to an activating group) is 1. The minimum absolute atomic E-state index is 0.114. The molecule has 2 aromatic carbocycles. The fourth-order valence-corrected chi connectivity index (χ4v) is 6.32. The summed E-state index contributed by atoms with van der Waals surface area (Å²) in [5, 5.41) is 10.2. The maximum Gasteiger partial charge on any atom is 0.416 e. The fourth-order valence-electron chi connectivity index (χ4n) is 6.32. The topological polar surface area (TPSA) is 115 Å². The van der Waals surface area contributed by atoms with E-state index in [0.717, 1.165) is 23.7 Å². The number of halogens is 3. The second-order valence-electron chi connectivity index (χ2n) is 12.9. The highest BCUT2D eigenvalue weighted by molar-refractivity contribution is 6.07. The number of hydrogen-bond donors (Lipinski definition) is 2. The van der Waals surface area contributed by atoms with Crippen molar-refractivity contribution in [1.82, 2.24) is 29.5 Å². The van der Waals surface area contributed by atoms with Gasteiger partial charge in [-0.05, 0) is 69.8 Å². The summed E-state index contributed by atoms with van der Waals surface area (Å²) in [7, 11) is 7.35. The van der Waals surface area contributed by atoms with Gasteiger partial charge >= 0.3 is 12.2 Å². The van der Waals surface area contributed by atoms with Gasteiger partial charge in [0.25, 0.3) is 5.91 Å². The molecule has 3 amide bonds. The van der Waals surface area contributed by atoms with Crippen molar-refractivity contribution in [2.24, 2.45) is 7.05 Å². The van der Waals surface area contributed by atoms with Crippen LogP contribution in [-0.2, 0) is 26.3 Å². The third-order valence-corrected chi connectivity index (χ3v) is 9.05. The summed E-state index contributed by atoms with van der Waals surface area (Å²) in [6.07, 6.45) is -2.09. The van der Waals surface area contributed by atoms with Crippen molar-refractivity contribution in [3.8, 4) is 0 Å². The molecule has 0 aliphatic carbocycles. The van der Waals surface area contributed by atoms with E-state index >= 15 is 0 Å². The molecule has 0 saturated carbocycles. The van der Waals surface area contributed by atoms with Gasteiger partial charge in [0, 0.05) is 68.8 Å². The molecule has 6 rings (SSSR count). The molecule has 0 spiro atoms. The maximum absolute atomic E-state index is 14.2. The Hall–Kier alpha value is -5.02. The predicted octanol–water partition coefficient (Wildman–Crippen LogP) is 5.55. The lowest BCUT2D eigenvalue weighted by Crippen LogP contribution is -2.46. The Morgan fingerprint density at radius 1 is 1.08 bits per heavy atom. The average Bonchev–Trinajstić information content (AvgIpc) is 3.64. The summed E-state index contributed by atoms with van der Waals surface area (Å²) in [4.78, 5) is 43.0. The largest absolute Gasteiger partial charge is 0.416 e. The predicted molar refractivity (Wildman–Crippen MR) is 181 cm³/mol. The van der Waals surface area contributed by atoms with Gasteiger partial charge in [0.05, 0.1) is 23.5 Å². The number of benzene rings is 2. The lowest BCUT2D eigenvalue weighted by Gasteiger charge is -2.35. The molecule has 12 nitrogen and oxygen atoms in total. The number of aryl methyl sites for hydroxylation is 3. The van der Waals surface area contributed by atoms with Gasteiger partial charge in [-0.3, -0.25) is 24.2 Å². The molecule has 49 heavy (non-hydrogen) atoms. The number of rotatable bonds is 8. The van der Waals surface area contributed by atoms with Crippen molar-refractivity contribution in [3.63, 3.8) is 0 Å². The first-order valence-electron chi connectivity index (χ1n) is 15.9. The van der Waals surface area contributed by atoms with E-state index in [1.54, 1.807) is 48.1 Å². The Morgan fingerprint density at radius 2 is 1.86 bits per heavy atom. The van der Waals surface area contributed by atoms with Crippen LogP contribution in [0.25, 0.3) is 0 Å². The number of carbonyl (C=O) groups is 2. The van der Waals surface area contributed by atoms with Crippen molar-refractivity contribution in [1.29, 1.82) is 0 Å². The maximum atomic E-state index is 14.2. The molecular formula is C34H39F3N10O2. The summed E-state index contributed by atoms with van der Waals surface area (Å²) in [5.74, 6) is 0.770. The van der Waals surface area contributed by atoms with E-state index < -0.39 is 17.6 Å². The highest BCUT2D eigenvalue weighted by Crippen LogP contribution is 2.36. The lowest BCUT2D eigenvalue weighted by molar-refractivity contribution is -0.138. The highest BCUT2D eigenvalue weighted by Gasteiger charge is 2.36. The second-order valence-corrected chi connectivity index (χ2v) is 12.9. The molecule has 0 bridgehead atoms. The van der Waals surface area contributed by atoms with Crippen LogP contribution in [-0.4, -0.2) is 81.8 Å². The number of carbonyl (C=O) groups excluding carboxylic acids is 2. The first kappa shape index (κ1) is 33.9. The van der Waals surface area contributed by atoms with E-state index in [-0.39, 0.29) is 30.2 Å². The molecule has 2 aromatic heterocycles. The number of amides is 3. The van der Waals surface area contributed by atoms with Gasteiger partial charge in [0.1, 0.15) is 11.6 Å². The minimum Gasteiger partial charge on any atom is -0.322 e. The van der Waals surface area contributed by atoms with Crippen LogP contribution < -0.4 is 20.4 Å². The van der Waals surface area contributed by atoms with Gasteiger partial charge in [-0.15, -0.1) is 0 Å². The zero-order chi connectivity index (χ0) is 35.2. The van der Waals surface area contributed by atoms with E-state index in [1.165, 1.54) is 17.0 Å². The van der Waals surface area contributed by atoms with Crippen LogP contribution in [0.1, 0.15) is 44.7 Å². The summed E-state index contributed by atoms with van der Waals surface area (Å²) in [6.45, 7) is 5.41. The molecule has 2 aliphatic rings. The number of nitrogens with zero attached hydrogens (tertiary/aromatic N) is 8. The molecule has 2 N–H and O–H groups in total. The number of urea groups is 1. The number of alkyl halides is 3. The molecule has 4 heterocycles. The van der Waals surface area contributed by atoms with Crippen LogP contribution in [0.5, 0.6) is 0 Å². The van der Waals surface area contributed by atoms with E-state index in [1.807, 2.05) is 38.9 Å². The smallest absolute Gasteiger partial charge is 0.322 e. The monoisotopic (exact) mass is 676 g/mol. The van der Waals surface area contributed by atoms with E-state index in [9.17, 15) is 22.8 Å². The molecule has 1 atom stereocenters. The Balaban J connectivity index is 1.19. The van der Waals surface area contributed by atoms with E-state index in [0.29, 0.717) is 53.7 Å². The molecule has 258 valence electrons. The van der Waals surface area contributed by atoms with Crippen LogP contribution in [0.3, 0.4) is 0 Å². The third kappa shape index (κ3) is 7.08. The number of aromatic nitrogens is 4. The molecule has 4 aromatic rings. The SMILES string of the molecule is Cc1cc(Nc2ncc3c(n2)N(C)C(=O)N(c2cc(NC(=O)c4ccc(CN5CCC(N(C)C)C5)c(C(F)(F)F)c4)ccc2C)C3)n(C)n1. The Morgan fingerprint density at radius 3 is 2.53 bits per heavy atom. The van der Waals surface area contributed by atoms with E-state index in [2.05, 4.69) is 30.6 Å². The summed E-state index contributed by atoms with van der Waals surface area (Å²) in [6, 6.07) is 10.6. The van der Waals surface area contributed by atoms with Crippen LogP contribution >= 0.6 is 0 Å². The van der Waals surface area contributed by atoms with Crippen molar-refractivity contribution in [3.05, 3.63) is 82.2 Å². The van der Waals surface area contributed by atoms with Gasteiger partial charge in [0.15, 0.2) is 0 Å². The third-order valence-electron chi connectivity index (χ3n) is 9.05. The summed E-state index contributed by atoms with van der Waals surface area (Å²) in [5.41, 5.74) is 2.35. The zero-order valence-electron chi connectivity index (χ0n) is 28.3. The Kier molecular flexibility index (Phi) is 9.07. The quantitative estimate of drug-likeness (QED) is 0.250. The highest BCUT2D eigenvalue weighted by atomic mass is 19.4. The van der Waals surface area contributed by atoms with Gasteiger partial charge in [-0.25, -0.2) is 9.78 Å². The van der Waals surface area contributed by atoms with Crippen LogP contribution in [0.4, 0.5) is 46.9 Å². The normalized spacial score (nSPS) is 16.8. The second kappa shape index (κ2) is 13.1. The first-order chi connectivity index (χ1) is 23.2. The van der Waals surface area contributed by atoms with Gasteiger partial charge in [-0.2, -0.15) is 23.3 Å². The van der Waals surface area contributed by atoms with Gasteiger partial charge in [0.2, 0.25) is 5.95 Å². The minimum atomic E-state index is -4.63. The van der Waals surface area contributed by atoms with Crippen LogP contribution in [0, 0.1) is 13.8 Å². The van der Waals surface area contributed by atoms with Crippen molar-refractivity contribution in [2.45, 2.75) is 45.6 Å². The Bertz CT molecular complexity index is 1910. The summed E-state index contributed by atoms with van der Waals surface area (Å²) < 4.78 is 44.3. The molecule has 15 heteroatoms. The van der Waals surface area contributed by atoms with Crippen molar-refractivity contribution < 1.29 is 22.8 Å². The number of likely N-dealkylation sites (tertiary alicyclic amines) is 1. The Labute approximate surface area is 282 Å². The fraction of sp³-hybridized carbons (Fsp3) is 0.382. The van der Waals surface area contributed by atoms with Crippen molar-refractivity contribution in [2.75, 3.05) is 54.7 Å². The standard InChI is InChI=1S/C34H39F3N10O2/c1-20-7-10-25(39-31(48)22-8-9-23(27(14-22)34(35,36)37)17-46-12-11-26(19-46)43(3)4)15-28(20)47-18-24-16-38-32(41-30(24)44(5)33(47)49)40-29-13-21(2)42-45(29)6/h7-10,13-16,26H,11-12,17-19H2,1-6H3,(H,39,48)(H,38,40,41). The van der Waals surface area contributed by atoms with Gasteiger partial charge < -0.3 is 15.5 Å². The van der Waals surface area contributed by atoms with Crippen LogP contribution in [0.15, 0.2) is 48.7 Å². The zero-order valence-corrected chi connectivity index (χ0v) is 28.3. The molecule has 1 saturated heterocycles. The molecule has 1 fully saturated rings. The summed E-state index contributed by atoms with van der Waals surface area (Å²) >= 11 is 0. The lowest BCUT2D eigenvalue weighted by atomic mass is 10.0. The molecule has 2 aliphatic heterocycles. The van der Waals surface area contributed by atoms with Gasteiger partial charge in [-0.1, -0.05) is 12.1 Å². The first-order valence-corrected chi connectivity index (χ1v) is 15.9. The van der Waals surface area contributed by atoms with Crippen LogP contribution in [0.2, 0.25) is 0 Å². The number of fused-ring (bicyclic) bond motifs is 1. The van der Waals surface area contributed by atoms with Crippen molar-refractivity contribution >= 4 is 40.9 Å². The average molecular weight is 677 g/mol. The molecular weight excluding hydrogens is 637 g/mol. The number of anilines is 5.